The molecule has 6 rings (SSSR count). The van der Waals surface area contributed by atoms with Gasteiger partial charge in [0.15, 0.2) is 10.8 Å². The summed E-state index contributed by atoms with van der Waals surface area (Å²) < 4.78 is 1.89. The second-order valence-corrected chi connectivity index (χ2v) is 14.0. The highest BCUT2D eigenvalue weighted by Crippen LogP contribution is 2.38. The van der Waals surface area contributed by atoms with Gasteiger partial charge in [-0.1, -0.05) is 56.4 Å². The normalized spacial score (nSPS) is 19.1. The van der Waals surface area contributed by atoms with Crippen molar-refractivity contribution in [1.29, 1.82) is 0 Å². The lowest BCUT2D eigenvalue weighted by Gasteiger charge is -2.34. The number of aliphatic hydroxyl groups is 1. The van der Waals surface area contributed by atoms with Crippen molar-refractivity contribution in [2.75, 3.05) is 19.6 Å². The molecule has 0 bridgehead atoms. The number of amides is 1. The van der Waals surface area contributed by atoms with Gasteiger partial charge in [-0.05, 0) is 67.1 Å². The summed E-state index contributed by atoms with van der Waals surface area (Å²) in [4.78, 5) is 26.6. The Morgan fingerprint density at radius 1 is 1.14 bits per heavy atom. The number of rotatable bonds is 7. The van der Waals surface area contributed by atoms with E-state index in [-0.39, 0.29) is 23.5 Å². The van der Waals surface area contributed by atoms with Crippen LogP contribution in [0, 0.1) is 11.3 Å². The number of pyridine rings is 1. The van der Waals surface area contributed by atoms with Gasteiger partial charge in [0.25, 0.3) is 5.91 Å². The van der Waals surface area contributed by atoms with E-state index in [4.69, 9.17) is 9.97 Å². The number of carbonyl (C=O) groups is 1. The number of likely N-dealkylation sites (tertiary alicyclic amines) is 1. The van der Waals surface area contributed by atoms with E-state index in [0.29, 0.717) is 10.9 Å². The summed E-state index contributed by atoms with van der Waals surface area (Å²) in [6.45, 7) is 9.52. The lowest BCUT2D eigenvalue weighted by molar-refractivity contribution is 0.0795. The third-order valence-electron chi connectivity index (χ3n) is 9.05. The fraction of sp³-hybridized carbons (Fsp3) is 0.531. The summed E-state index contributed by atoms with van der Waals surface area (Å²) in [5, 5.41) is 21.9. The fourth-order valence-electron chi connectivity index (χ4n) is 6.25. The average Bonchev–Trinajstić information content (AvgIpc) is 3.59. The predicted octanol–water partition coefficient (Wildman–Crippen LogP) is 4.96. The van der Waals surface area contributed by atoms with Crippen molar-refractivity contribution in [3.63, 3.8) is 0 Å². The number of benzene rings is 1. The van der Waals surface area contributed by atoms with Crippen molar-refractivity contribution in [3.8, 4) is 11.4 Å². The minimum Gasteiger partial charge on any atom is -0.393 e. The van der Waals surface area contributed by atoms with Crippen LogP contribution in [0.3, 0.4) is 0 Å². The molecule has 1 aromatic carbocycles. The summed E-state index contributed by atoms with van der Waals surface area (Å²) in [5.74, 6) is 1.25. The molecule has 42 heavy (non-hydrogen) atoms. The number of thiazole rings is 1. The Bertz CT molecular complexity index is 1550. The van der Waals surface area contributed by atoms with Gasteiger partial charge in [0, 0.05) is 37.9 Å². The van der Waals surface area contributed by atoms with E-state index >= 15 is 0 Å². The molecule has 2 aliphatic rings. The molecule has 1 aliphatic heterocycles. The molecular weight excluding hydrogens is 546 g/mol. The number of hydrogen-bond acceptors (Lipinski definition) is 8. The van der Waals surface area contributed by atoms with Gasteiger partial charge < -0.3 is 19.9 Å². The molecule has 0 saturated carbocycles. The topological polar surface area (TPSA) is 109 Å². The molecule has 10 heteroatoms. The molecule has 3 aromatic heterocycles. The zero-order valence-electron chi connectivity index (χ0n) is 25.0. The van der Waals surface area contributed by atoms with Crippen LogP contribution in [0.25, 0.3) is 21.7 Å². The molecule has 0 spiro atoms. The third kappa shape index (κ3) is 6.26. The molecule has 2 N–H and O–H groups in total. The van der Waals surface area contributed by atoms with Gasteiger partial charge in [-0.15, -0.1) is 10.2 Å². The number of aryl methyl sites for hydroxylation is 2. The molecule has 2 atom stereocenters. The number of nitrogens with one attached hydrogen (secondary N) is 1. The van der Waals surface area contributed by atoms with E-state index in [1.807, 2.05) is 23.7 Å². The Labute approximate surface area is 251 Å². The van der Waals surface area contributed by atoms with Crippen molar-refractivity contribution in [3.05, 3.63) is 58.5 Å². The Morgan fingerprint density at radius 3 is 2.60 bits per heavy atom. The molecule has 1 saturated heterocycles. The zero-order valence-corrected chi connectivity index (χ0v) is 25.8. The van der Waals surface area contributed by atoms with Crippen LogP contribution >= 0.6 is 11.3 Å². The summed E-state index contributed by atoms with van der Waals surface area (Å²) in [6.07, 6.45) is 6.97. The van der Waals surface area contributed by atoms with Gasteiger partial charge >= 0.3 is 0 Å². The van der Waals surface area contributed by atoms with E-state index in [9.17, 15) is 9.90 Å². The van der Waals surface area contributed by atoms with Gasteiger partial charge in [-0.3, -0.25) is 4.79 Å². The number of hydrogen-bond donors (Lipinski definition) is 2. The lowest BCUT2D eigenvalue weighted by atomic mass is 9.71. The highest BCUT2D eigenvalue weighted by Gasteiger charge is 2.30. The molecule has 1 fully saturated rings. The second kappa shape index (κ2) is 11.8. The molecule has 1 aliphatic carbocycles. The molecule has 222 valence electrons. The van der Waals surface area contributed by atoms with Gasteiger partial charge in [-0.25, -0.2) is 9.97 Å². The maximum atomic E-state index is 13.6. The molecule has 0 radical (unpaired) electrons. The number of fused-ring (bicyclic) bond motifs is 2. The van der Waals surface area contributed by atoms with Crippen molar-refractivity contribution >= 4 is 27.6 Å². The molecule has 4 aromatic rings. The maximum absolute atomic E-state index is 13.6. The SMILES string of the molecule is Cn1cnnc1-c1ccc([C@@H](CCN2CCC(O)CC2)NC(=O)c2nc3cc4c(nc3s2)CC[C@H](C(C)(C)C)C4)cc1. The Balaban J connectivity index is 1.21. The first-order valence-corrected chi connectivity index (χ1v) is 15.9. The van der Waals surface area contributed by atoms with Crippen LogP contribution in [0.2, 0.25) is 0 Å². The number of aromatic nitrogens is 5. The van der Waals surface area contributed by atoms with Crippen LogP contribution in [0.5, 0.6) is 0 Å². The summed E-state index contributed by atoms with van der Waals surface area (Å²) in [7, 11) is 1.92. The molecule has 4 heterocycles. The molecule has 9 nitrogen and oxygen atoms in total. The quantitative estimate of drug-likeness (QED) is 0.315. The van der Waals surface area contributed by atoms with Crippen LogP contribution in [-0.4, -0.2) is 66.4 Å². The minimum absolute atomic E-state index is 0.167. The predicted molar refractivity (Wildman–Crippen MR) is 165 cm³/mol. The first-order chi connectivity index (χ1) is 20.1. The highest BCUT2D eigenvalue weighted by atomic mass is 32.1. The maximum Gasteiger partial charge on any atom is 0.280 e. The fourth-order valence-corrected chi connectivity index (χ4v) is 7.10. The van der Waals surface area contributed by atoms with Gasteiger partial charge in [0.1, 0.15) is 16.7 Å². The number of piperidine rings is 1. The van der Waals surface area contributed by atoms with E-state index < -0.39 is 0 Å². The van der Waals surface area contributed by atoms with Crippen molar-refractivity contribution in [2.45, 2.75) is 71.4 Å². The summed E-state index contributed by atoms with van der Waals surface area (Å²) in [5.41, 5.74) is 5.52. The Morgan fingerprint density at radius 2 is 1.90 bits per heavy atom. The van der Waals surface area contributed by atoms with Crippen LogP contribution in [0.15, 0.2) is 36.7 Å². The lowest BCUT2D eigenvalue weighted by Crippen LogP contribution is -2.38. The Hall–Kier alpha value is -3.21. The standard InChI is InChI=1S/C32H41N7O2S/c1-32(2,3)23-9-10-25-22(17-23)18-27-30(35-25)42-31(36-27)29(41)34-26(13-16-39-14-11-24(40)12-15-39)20-5-7-21(8-6-20)28-37-33-19-38(28)4/h5-8,18-19,23-24,26,40H,9-17H2,1-4H3,(H,34,41)/t23-,26+/m0/s1. The first-order valence-electron chi connectivity index (χ1n) is 15.1. The molecule has 1 amide bonds. The number of nitrogens with zero attached hydrogens (tertiary/aromatic N) is 6. The van der Waals surface area contributed by atoms with Crippen molar-refractivity contribution in [2.24, 2.45) is 18.4 Å². The van der Waals surface area contributed by atoms with E-state index in [2.05, 4.69) is 59.4 Å². The van der Waals surface area contributed by atoms with Crippen LogP contribution < -0.4 is 5.32 Å². The first kappa shape index (κ1) is 28.9. The van der Waals surface area contributed by atoms with Crippen LogP contribution in [0.4, 0.5) is 0 Å². The smallest absolute Gasteiger partial charge is 0.280 e. The van der Waals surface area contributed by atoms with Gasteiger partial charge in [0.05, 0.1) is 12.1 Å². The van der Waals surface area contributed by atoms with E-state index in [1.54, 1.807) is 6.33 Å². The summed E-state index contributed by atoms with van der Waals surface area (Å²) in [6, 6.07) is 10.2. The number of carbonyl (C=O) groups excluding carboxylic acids is 1. The zero-order chi connectivity index (χ0) is 29.4. The molecule has 0 unspecified atom stereocenters. The minimum atomic E-state index is -0.206. The monoisotopic (exact) mass is 587 g/mol. The average molecular weight is 588 g/mol. The van der Waals surface area contributed by atoms with Gasteiger partial charge in [0.2, 0.25) is 0 Å². The van der Waals surface area contributed by atoms with Gasteiger partial charge in [-0.2, -0.15) is 0 Å². The van der Waals surface area contributed by atoms with E-state index in [1.165, 1.54) is 16.9 Å². The van der Waals surface area contributed by atoms with Crippen molar-refractivity contribution < 1.29 is 9.90 Å². The summed E-state index contributed by atoms with van der Waals surface area (Å²) >= 11 is 1.38. The third-order valence-corrected chi connectivity index (χ3v) is 10.0. The number of aliphatic hydroxyl groups excluding tert-OH is 1. The Kier molecular flexibility index (Phi) is 8.13. The van der Waals surface area contributed by atoms with Crippen LogP contribution in [0.1, 0.15) is 79.1 Å². The molecular formula is C32H41N7O2S. The van der Waals surface area contributed by atoms with Crippen molar-refractivity contribution in [1.82, 2.24) is 34.9 Å². The van der Waals surface area contributed by atoms with E-state index in [0.717, 1.165) is 91.2 Å². The van der Waals surface area contributed by atoms with Crippen LogP contribution in [-0.2, 0) is 19.9 Å². The highest BCUT2D eigenvalue weighted by molar-refractivity contribution is 7.19. The second-order valence-electron chi connectivity index (χ2n) is 13.0. The largest absolute Gasteiger partial charge is 0.393 e.